The SMILES string of the molecule is CCc1cc(=O)n2[nH]c(C3CCCCN3C(=O)c3cnc(C)nc3C)cc2n1. The van der Waals surface area contributed by atoms with Crippen LogP contribution in [-0.2, 0) is 6.42 Å². The molecule has 1 amide bonds. The number of hydrogen-bond acceptors (Lipinski definition) is 5. The molecular weight excluding hydrogens is 356 g/mol. The van der Waals surface area contributed by atoms with E-state index < -0.39 is 0 Å². The number of rotatable bonds is 3. The molecule has 0 radical (unpaired) electrons. The first-order valence-corrected chi connectivity index (χ1v) is 9.70. The van der Waals surface area contributed by atoms with Gasteiger partial charge in [0.1, 0.15) is 5.82 Å². The van der Waals surface area contributed by atoms with Crippen LogP contribution in [0.2, 0.25) is 0 Å². The lowest BCUT2D eigenvalue weighted by atomic mass is 9.98. The largest absolute Gasteiger partial charge is 0.330 e. The molecular formula is C20H24N6O2. The zero-order chi connectivity index (χ0) is 19.8. The molecule has 1 N–H and O–H groups in total. The number of nitrogens with zero attached hydrogens (tertiary/aromatic N) is 5. The van der Waals surface area contributed by atoms with Crippen LogP contribution in [0.25, 0.3) is 5.65 Å². The van der Waals surface area contributed by atoms with Gasteiger partial charge in [0, 0.05) is 30.6 Å². The summed E-state index contributed by atoms with van der Waals surface area (Å²) in [5, 5.41) is 3.16. The van der Waals surface area contributed by atoms with Gasteiger partial charge in [0.2, 0.25) is 0 Å². The lowest BCUT2D eigenvalue weighted by Crippen LogP contribution is -2.39. The molecule has 1 aliphatic rings. The van der Waals surface area contributed by atoms with E-state index in [9.17, 15) is 9.59 Å². The third kappa shape index (κ3) is 3.19. The number of H-pyrrole nitrogens is 1. The van der Waals surface area contributed by atoms with Crippen LogP contribution >= 0.6 is 0 Å². The molecule has 1 saturated heterocycles. The van der Waals surface area contributed by atoms with E-state index in [0.717, 1.165) is 30.7 Å². The van der Waals surface area contributed by atoms with Crippen molar-refractivity contribution in [3.05, 3.63) is 57.2 Å². The molecule has 1 atom stereocenters. The number of hydrogen-bond donors (Lipinski definition) is 1. The maximum absolute atomic E-state index is 13.2. The lowest BCUT2D eigenvalue weighted by molar-refractivity contribution is 0.0604. The maximum Gasteiger partial charge on any atom is 0.272 e. The molecule has 28 heavy (non-hydrogen) atoms. The van der Waals surface area contributed by atoms with E-state index in [1.807, 2.05) is 31.7 Å². The predicted molar refractivity (Wildman–Crippen MR) is 104 cm³/mol. The monoisotopic (exact) mass is 380 g/mol. The third-order valence-corrected chi connectivity index (χ3v) is 5.34. The van der Waals surface area contributed by atoms with Crippen molar-refractivity contribution >= 4 is 11.6 Å². The van der Waals surface area contributed by atoms with Gasteiger partial charge >= 0.3 is 0 Å². The molecule has 1 aliphatic heterocycles. The Morgan fingerprint density at radius 1 is 1.25 bits per heavy atom. The summed E-state index contributed by atoms with van der Waals surface area (Å²) >= 11 is 0. The fraction of sp³-hybridized carbons (Fsp3) is 0.450. The van der Waals surface area contributed by atoms with E-state index >= 15 is 0 Å². The summed E-state index contributed by atoms with van der Waals surface area (Å²) in [4.78, 5) is 40.5. The van der Waals surface area contributed by atoms with Gasteiger partial charge in [0.15, 0.2) is 5.65 Å². The van der Waals surface area contributed by atoms with Crippen LogP contribution in [0.1, 0.15) is 65.5 Å². The van der Waals surface area contributed by atoms with Crippen molar-refractivity contribution in [2.45, 2.75) is 52.5 Å². The number of likely N-dealkylation sites (tertiary alicyclic amines) is 1. The Bertz CT molecular complexity index is 1100. The zero-order valence-corrected chi connectivity index (χ0v) is 16.4. The summed E-state index contributed by atoms with van der Waals surface area (Å²) in [6, 6.07) is 3.30. The summed E-state index contributed by atoms with van der Waals surface area (Å²) in [6.07, 6.45) is 5.12. The summed E-state index contributed by atoms with van der Waals surface area (Å²) in [5.74, 6) is 0.576. The molecule has 4 rings (SSSR count). The topological polar surface area (TPSA) is 96.2 Å². The Hall–Kier alpha value is -3.03. The van der Waals surface area contributed by atoms with Gasteiger partial charge in [-0.15, -0.1) is 0 Å². The highest BCUT2D eigenvalue weighted by atomic mass is 16.2. The Morgan fingerprint density at radius 2 is 2.07 bits per heavy atom. The van der Waals surface area contributed by atoms with Gasteiger partial charge in [0.25, 0.3) is 11.5 Å². The van der Waals surface area contributed by atoms with E-state index in [1.54, 1.807) is 12.3 Å². The van der Waals surface area contributed by atoms with Gasteiger partial charge in [-0.2, -0.15) is 0 Å². The standard InChI is InChI=1S/C20H24N6O2/c1-4-14-9-19(27)26-18(23-14)10-16(24-26)17-7-5-6-8-25(17)20(28)15-11-21-13(3)22-12(15)2/h9-11,17,24H,4-8H2,1-3H3. The van der Waals surface area contributed by atoms with Crippen molar-refractivity contribution in [3.63, 3.8) is 0 Å². The van der Waals surface area contributed by atoms with Gasteiger partial charge in [-0.3, -0.25) is 14.7 Å². The number of carbonyl (C=O) groups excluding carboxylic acids is 1. The third-order valence-electron chi connectivity index (χ3n) is 5.34. The first-order valence-electron chi connectivity index (χ1n) is 9.70. The van der Waals surface area contributed by atoms with Crippen molar-refractivity contribution in [1.82, 2.24) is 29.5 Å². The highest BCUT2D eigenvalue weighted by Crippen LogP contribution is 2.32. The molecule has 1 unspecified atom stereocenters. The van der Waals surface area contributed by atoms with Crippen molar-refractivity contribution in [2.75, 3.05) is 6.54 Å². The van der Waals surface area contributed by atoms with Crippen molar-refractivity contribution < 1.29 is 4.79 Å². The minimum Gasteiger partial charge on any atom is -0.330 e. The van der Waals surface area contributed by atoms with E-state index in [-0.39, 0.29) is 17.5 Å². The van der Waals surface area contributed by atoms with Gasteiger partial charge in [-0.25, -0.2) is 19.5 Å². The smallest absolute Gasteiger partial charge is 0.272 e. The molecule has 8 nitrogen and oxygen atoms in total. The normalized spacial score (nSPS) is 17.2. The lowest BCUT2D eigenvalue weighted by Gasteiger charge is -2.35. The minimum absolute atomic E-state index is 0.0737. The Balaban J connectivity index is 1.73. The molecule has 0 aromatic carbocycles. The summed E-state index contributed by atoms with van der Waals surface area (Å²) in [5.41, 5.74) is 3.26. The van der Waals surface area contributed by atoms with Gasteiger partial charge in [0.05, 0.1) is 23.0 Å². The number of aromatic amines is 1. The average Bonchev–Trinajstić information content (AvgIpc) is 3.12. The molecule has 0 bridgehead atoms. The number of nitrogens with one attached hydrogen (secondary N) is 1. The van der Waals surface area contributed by atoms with E-state index in [1.165, 1.54) is 4.52 Å². The first-order chi connectivity index (χ1) is 13.5. The number of aryl methyl sites for hydroxylation is 3. The number of amides is 1. The summed E-state index contributed by atoms with van der Waals surface area (Å²) < 4.78 is 1.45. The molecule has 8 heteroatoms. The molecule has 0 saturated carbocycles. The molecule has 1 fully saturated rings. The van der Waals surface area contributed by atoms with Gasteiger partial charge in [-0.05, 0) is 39.5 Å². The molecule has 0 aliphatic carbocycles. The minimum atomic E-state index is -0.135. The van der Waals surface area contributed by atoms with Crippen LogP contribution in [0.15, 0.2) is 23.1 Å². The number of aromatic nitrogens is 5. The molecule has 4 heterocycles. The van der Waals surface area contributed by atoms with Crippen LogP contribution in [0.3, 0.4) is 0 Å². The second-order valence-electron chi connectivity index (χ2n) is 7.27. The zero-order valence-electron chi connectivity index (χ0n) is 16.4. The van der Waals surface area contributed by atoms with Crippen LogP contribution < -0.4 is 5.56 Å². The Kier molecular flexibility index (Phi) is 4.70. The van der Waals surface area contributed by atoms with Crippen LogP contribution in [-0.4, -0.2) is 41.9 Å². The maximum atomic E-state index is 13.2. The summed E-state index contributed by atoms with van der Waals surface area (Å²) in [6.45, 7) is 6.28. The summed E-state index contributed by atoms with van der Waals surface area (Å²) in [7, 11) is 0. The van der Waals surface area contributed by atoms with E-state index in [4.69, 9.17) is 0 Å². The quantitative estimate of drug-likeness (QED) is 0.752. The second kappa shape index (κ2) is 7.18. The Labute approximate surface area is 162 Å². The van der Waals surface area contributed by atoms with Crippen LogP contribution in [0.5, 0.6) is 0 Å². The fourth-order valence-corrected chi connectivity index (χ4v) is 3.86. The van der Waals surface area contributed by atoms with Gasteiger partial charge < -0.3 is 4.90 Å². The molecule has 3 aromatic heterocycles. The number of carbonyl (C=O) groups is 1. The Morgan fingerprint density at radius 3 is 2.82 bits per heavy atom. The van der Waals surface area contributed by atoms with Crippen LogP contribution in [0, 0.1) is 13.8 Å². The molecule has 3 aromatic rings. The van der Waals surface area contributed by atoms with Crippen LogP contribution in [0.4, 0.5) is 0 Å². The highest BCUT2D eigenvalue weighted by Gasteiger charge is 2.31. The number of piperidine rings is 1. The van der Waals surface area contributed by atoms with E-state index in [0.29, 0.717) is 35.7 Å². The fourth-order valence-electron chi connectivity index (χ4n) is 3.86. The molecule has 0 spiro atoms. The van der Waals surface area contributed by atoms with Crippen molar-refractivity contribution in [2.24, 2.45) is 0 Å². The van der Waals surface area contributed by atoms with Gasteiger partial charge in [-0.1, -0.05) is 6.92 Å². The average molecular weight is 380 g/mol. The highest BCUT2D eigenvalue weighted by molar-refractivity contribution is 5.95. The van der Waals surface area contributed by atoms with E-state index in [2.05, 4.69) is 20.1 Å². The molecule has 146 valence electrons. The predicted octanol–water partition coefficient (Wildman–Crippen LogP) is 2.36. The van der Waals surface area contributed by atoms with Crippen molar-refractivity contribution in [3.8, 4) is 0 Å². The van der Waals surface area contributed by atoms with Crippen molar-refractivity contribution in [1.29, 1.82) is 0 Å². The number of fused-ring (bicyclic) bond motifs is 1. The first kappa shape index (κ1) is 18.3. The second-order valence-corrected chi connectivity index (χ2v) is 7.27.